The number of hydrogen-bond donors (Lipinski definition) is 4. The Labute approximate surface area is 198 Å². The molecule has 182 valence electrons. The molecule has 0 radical (unpaired) electrons. The normalized spacial score (nSPS) is 17.1. The first kappa shape index (κ1) is 25.1. The van der Waals surface area contributed by atoms with Gasteiger partial charge in [0, 0.05) is 26.2 Å². The lowest BCUT2D eigenvalue weighted by Gasteiger charge is -2.17. The number of nitrogens with one attached hydrogen (secondary N) is 4. The molecule has 2 aromatic carbocycles. The zero-order valence-electron chi connectivity index (χ0n) is 20.6. The number of rotatable bonds is 0. The molecular weight excluding hydrogens is 416 g/mol. The van der Waals surface area contributed by atoms with Crippen molar-refractivity contribution in [3.8, 4) is 0 Å². The monoisotopic (exact) mass is 456 g/mol. The largest absolute Gasteiger partial charge is 0.381 e. The Morgan fingerprint density at radius 1 is 0.424 bits per heavy atom. The van der Waals surface area contributed by atoms with Crippen molar-refractivity contribution < 1.29 is 14.2 Å². The minimum atomic E-state index is 0.591. The molecule has 0 saturated heterocycles. The third-order valence-electron chi connectivity index (χ3n) is 5.89. The van der Waals surface area contributed by atoms with Crippen LogP contribution in [0.3, 0.4) is 0 Å². The van der Waals surface area contributed by atoms with E-state index in [9.17, 15) is 0 Å². The van der Waals surface area contributed by atoms with Gasteiger partial charge >= 0.3 is 0 Å². The summed E-state index contributed by atoms with van der Waals surface area (Å²) >= 11 is 0. The lowest BCUT2D eigenvalue weighted by atomic mass is 10.1. The fourth-order valence-corrected chi connectivity index (χ4v) is 3.67. The first-order chi connectivity index (χ1) is 16.0. The van der Waals surface area contributed by atoms with Crippen molar-refractivity contribution >= 4 is 22.7 Å². The van der Waals surface area contributed by atoms with Crippen molar-refractivity contribution in [2.24, 2.45) is 0 Å². The van der Waals surface area contributed by atoms with Gasteiger partial charge in [0.1, 0.15) is 0 Å². The van der Waals surface area contributed by atoms with Gasteiger partial charge < -0.3 is 35.5 Å². The second kappa shape index (κ2) is 13.3. The zero-order valence-corrected chi connectivity index (χ0v) is 20.6. The molecule has 0 bridgehead atoms. The highest BCUT2D eigenvalue weighted by Crippen LogP contribution is 2.27. The van der Waals surface area contributed by atoms with Gasteiger partial charge in [-0.15, -0.1) is 0 Å². The predicted octanol–water partition coefficient (Wildman–Crippen LogP) is 4.33. The Morgan fingerprint density at radius 3 is 0.939 bits per heavy atom. The Morgan fingerprint density at radius 2 is 0.667 bits per heavy atom. The summed E-state index contributed by atoms with van der Waals surface area (Å²) in [5.74, 6) is 0. The highest BCUT2D eigenvalue weighted by Gasteiger charge is 2.07. The molecule has 0 aliphatic carbocycles. The van der Waals surface area contributed by atoms with E-state index in [1.54, 1.807) is 0 Å². The Bertz CT molecular complexity index is 817. The molecule has 1 aliphatic heterocycles. The third-order valence-corrected chi connectivity index (χ3v) is 5.89. The van der Waals surface area contributed by atoms with Gasteiger partial charge in [-0.25, -0.2) is 0 Å². The molecule has 0 fully saturated rings. The van der Waals surface area contributed by atoms with Crippen molar-refractivity contribution in [2.75, 3.05) is 87.1 Å². The van der Waals surface area contributed by atoms with Gasteiger partial charge in [0.15, 0.2) is 0 Å². The summed E-state index contributed by atoms with van der Waals surface area (Å²) in [6, 6.07) is 8.76. The lowest BCUT2D eigenvalue weighted by molar-refractivity contribution is 0.0557. The maximum atomic E-state index is 5.86. The number of ether oxygens (including phenoxy) is 3. The Kier molecular flexibility index (Phi) is 10.1. The van der Waals surface area contributed by atoms with Crippen LogP contribution in [-0.2, 0) is 14.2 Å². The first-order valence-electron chi connectivity index (χ1n) is 12.0. The van der Waals surface area contributed by atoms with Crippen LogP contribution >= 0.6 is 0 Å². The highest BCUT2D eigenvalue weighted by atomic mass is 16.5. The summed E-state index contributed by atoms with van der Waals surface area (Å²) in [6.07, 6.45) is 0. The SMILES string of the molecule is Cc1cc2c(cc1C)NCCOCCOCCNc1cc(C)c(C)cc1NCCOCCN2. The fourth-order valence-electron chi connectivity index (χ4n) is 3.67. The number of fused-ring (bicyclic) bond motifs is 2. The summed E-state index contributed by atoms with van der Waals surface area (Å²) in [4.78, 5) is 0. The van der Waals surface area contributed by atoms with Crippen molar-refractivity contribution in [3.63, 3.8) is 0 Å². The lowest BCUT2D eigenvalue weighted by Crippen LogP contribution is -2.17. The molecule has 0 aromatic heterocycles. The molecule has 0 atom stereocenters. The summed E-state index contributed by atoms with van der Waals surface area (Å²) in [7, 11) is 0. The molecule has 1 aliphatic rings. The van der Waals surface area contributed by atoms with Crippen molar-refractivity contribution in [1.82, 2.24) is 0 Å². The van der Waals surface area contributed by atoms with Crippen LogP contribution in [0.15, 0.2) is 24.3 Å². The predicted molar refractivity (Wildman–Crippen MR) is 138 cm³/mol. The average Bonchev–Trinajstić information content (AvgIpc) is 2.79. The molecule has 1 heterocycles. The van der Waals surface area contributed by atoms with Crippen LogP contribution in [0.2, 0.25) is 0 Å². The van der Waals surface area contributed by atoms with E-state index in [1.165, 1.54) is 22.3 Å². The van der Waals surface area contributed by atoms with E-state index in [4.69, 9.17) is 14.2 Å². The second-order valence-electron chi connectivity index (χ2n) is 8.51. The van der Waals surface area contributed by atoms with E-state index in [2.05, 4.69) is 73.2 Å². The molecule has 4 N–H and O–H groups in total. The minimum absolute atomic E-state index is 0.591. The topological polar surface area (TPSA) is 75.8 Å². The summed E-state index contributed by atoms with van der Waals surface area (Å²) in [5.41, 5.74) is 9.46. The number of aryl methyl sites for hydroxylation is 4. The van der Waals surface area contributed by atoms with Gasteiger partial charge in [-0.1, -0.05) is 0 Å². The molecule has 33 heavy (non-hydrogen) atoms. The van der Waals surface area contributed by atoms with Crippen LogP contribution in [0.5, 0.6) is 0 Å². The molecule has 7 nitrogen and oxygen atoms in total. The van der Waals surface area contributed by atoms with Crippen molar-refractivity contribution in [2.45, 2.75) is 27.7 Å². The number of benzene rings is 2. The van der Waals surface area contributed by atoms with E-state index in [0.717, 1.165) is 48.9 Å². The number of hydrogen-bond acceptors (Lipinski definition) is 7. The van der Waals surface area contributed by atoms with Gasteiger partial charge in [-0.05, 0) is 74.2 Å². The maximum absolute atomic E-state index is 5.86. The van der Waals surface area contributed by atoms with E-state index in [-0.39, 0.29) is 0 Å². The van der Waals surface area contributed by atoms with Gasteiger partial charge in [-0.3, -0.25) is 0 Å². The smallest absolute Gasteiger partial charge is 0.0701 e. The average molecular weight is 457 g/mol. The number of anilines is 4. The maximum Gasteiger partial charge on any atom is 0.0701 e. The second-order valence-corrected chi connectivity index (χ2v) is 8.51. The first-order valence-corrected chi connectivity index (χ1v) is 12.0. The van der Waals surface area contributed by atoms with Crippen LogP contribution in [0.4, 0.5) is 22.7 Å². The van der Waals surface area contributed by atoms with Gasteiger partial charge in [0.05, 0.1) is 62.4 Å². The highest BCUT2D eigenvalue weighted by molar-refractivity contribution is 5.72. The van der Waals surface area contributed by atoms with E-state index in [0.29, 0.717) is 39.6 Å². The van der Waals surface area contributed by atoms with Crippen LogP contribution in [0, 0.1) is 27.7 Å². The molecule has 2 aromatic rings. The fraction of sp³-hybridized carbons (Fsp3) is 0.538. The van der Waals surface area contributed by atoms with Crippen molar-refractivity contribution in [1.29, 1.82) is 0 Å². The molecular formula is C26H40N4O3. The van der Waals surface area contributed by atoms with Gasteiger partial charge in [0.2, 0.25) is 0 Å². The van der Waals surface area contributed by atoms with E-state index in [1.807, 2.05) is 0 Å². The van der Waals surface area contributed by atoms with E-state index >= 15 is 0 Å². The van der Waals surface area contributed by atoms with E-state index < -0.39 is 0 Å². The summed E-state index contributed by atoms with van der Waals surface area (Å²) in [6.45, 7) is 15.3. The molecule has 0 amide bonds. The zero-order chi connectivity index (χ0) is 23.5. The third kappa shape index (κ3) is 8.11. The molecule has 0 saturated carbocycles. The quantitative estimate of drug-likeness (QED) is 0.470. The Hall–Kier alpha value is -2.48. The van der Waals surface area contributed by atoms with Crippen LogP contribution < -0.4 is 21.3 Å². The summed E-state index contributed by atoms with van der Waals surface area (Å²) < 4.78 is 17.3. The van der Waals surface area contributed by atoms with Crippen LogP contribution in [0.25, 0.3) is 0 Å². The molecule has 7 heteroatoms. The standard InChI is InChI=1S/C26H40N4O3/c1-19-15-23-25(17-21(19)3)29-7-11-32-13-14-33-12-8-30-26-18-22(4)20(2)16-24(26)28-6-10-31-9-5-27-23/h15-18,27-30H,5-14H2,1-4H3. The molecule has 0 spiro atoms. The van der Waals surface area contributed by atoms with Gasteiger partial charge in [0.25, 0.3) is 0 Å². The van der Waals surface area contributed by atoms with Crippen LogP contribution in [0.1, 0.15) is 22.3 Å². The van der Waals surface area contributed by atoms with Gasteiger partial charge in [-0.2, -0.15) is 0 Å². The van der Waals surface area contributed by atoms with Crippen LogP contribution in [-0.4, -0.2) is 65.8 Å². The minimum Gasteiger partial charge on any atom is -0.381 e. The molecule has 0 unspecified atom stereocenters. The summed E-state index contributed by atoms with van der Waals surface area (Å²) in [5, 5.41) is 14.0. The molecule has 3 rings (SSSR count). The van der Waals surface area contributed by atoms with Crippen molar-refractivity contribution in [3.05, 3.63) is 46.5 Å². The Balaban J connectivity index is 1.60.